The predicted octanol–water partition coefficient (Wildman–Crippen LogP) is 2.43. The number of carbonyl (C=O) groups is 1. The minimum Gasteiger partial charge on any atom is -0.545 e. The Labute approximate surface area is 122 Å². The Morgan fingerprint density at radius 2 is 1.45 bits per heavy atom. The summed E-state index contributed by atoms with van der Waals surface area (Å²) in [5, 5.41) is 9.84. The van der Waals surface area contributed by atoms with E-state index in [0.29, 0.717) is 0 Å². The van der Waals surface area contributed by atoms with Crippen molar-refractivity contribution < 1.29 is 19.1 Å². The molecular formula is C16H27NO3. The van der Waals surface area contributed by atoms with Gasteiger partial charge in [0.1, 0.15) is 0 Å². The predicted molar refractivity (Wildman–Crippen MR) is 79.1 cm³/mol. The quantitative estimate of drug-likeness (QED) is 0.594. The van der Waals surface area contributed by atoms with Crippen molar-refractivity contribution in [3.63, 3.8) is 0 Å². The molecule has 1 rings (SSSR count). The Bertz CT molecular complexity index is 344. The van der Waals surface area contributed by atoms with Gasteiger partial charge in [0.2, 0.25) is 0 Å². The van der Waals surface area contributed by atoms with Gasteiger partial charge in [0.05, 0.1) is 32.8 Å². The molecule has 0 aliphatic carbocycles. The van der Waals surface area contributed by atoms with Gasteiger partial charge in [-0.1, -0.05) is 30.3 Å². The van der Waals surface area contributed by atoms with Crippen molar-refractivity contribution in [3.8, 4) is 0 Å². The van der Waals surface area contributed by atoms with Crippen LogP contribution in [-0.2, 0) is 11.3 Å². The first-order chi connectivity index (χ1) is 9.53. The fourth-order valence-electron chi connectivity index (χ4n) is 2.06. The van der Waals surface area contributed by atoms with Gasteiger partial charge >= 0.3 is 0 Å². The lowest BCUT2D eigenvalue weighted by Crippen LogP contribution is -2.47. The van der Waals surface area contributed by atoms with Gasteiger partial charge in [0.15, 0.2) is 0 Å². The number of nitrogens with zero attached hydrogens (tertiary/aromatic N) is 1. The van der Waals surface area contributed by atoms with Crippen LogP contribution in [0.4, 0.5) is 4.79 Å². The van der Waals surface area contributed by atoms with Gasteiger partial charge < -0.3 is 19.1 Å². The summed E-state index contributed by atoms with van der Waals surface area (Å²) < 4.78 is 5.51. The molecule has 1 aromatic rings. The highest BCUT2D eigenvalue weighted by atomic mass is 16.7. The fourth-order valence-corrected chi connectivity index (χ4v) is 2.06. The van der Waals surface area contributed by atoms with Crippen LogP contribution in [0.15, 0.2) is 30.3 Å². The first-order valence-electron chi connectivity index (χ1n) is 7.26. The summed E-state index contributed by atoms with van der Waals surface area (Å²) in [6, 6.07) is 9.04. The first kappa shape index (κ1) is 18.4. The molecule has 0 saturated carbocycles. The summed E-state index contributed by atoms with van der Waals surface area (Å²) in [5.74, 6) is 0. The SMILES string of the molecule is CC[N+](CC)(CC)CC.O=C([O-])OCc1ccccc1. The van der Waals surface area contributed by atoms with Crippen molar-refractivity contribution >= 4 is 6.16 Å². The van der Waals surface area contributed by atoms with Crippen LogP contribution in [0.5, 0.6) is 0 Å². The zero-order valence-electron chi connectivity index (χ0n) is 13.1. The molecule has 0 aliphatic heterocycles. The van der Waals surface area contributed by atoms with Gasteiger partial charge in [-0.15, -0.1) is 0 Å². The summed E-state index contributed by atoms with van der Waals surface area (Å²) in [6.45, 7) is 14.3. The van der Waals surface area contributed by atoms with Crippen LogP contribution >= 0.6 is 0 Å². The maximum atomic E-state index is 9.84. The van der Waals surface area contributed by atoms with E-state index in [9.17, 15) is 9.90 Å². The molecule has 0 fully saturated rings. The zero-order valence-corrected chi connectivity index (χ0v) is 13.1. The van der Waals surface area contributed by atoms with E-state index in [2.05, 4.69) is 32.4 Å². The molecule has 4 nitrogen and oxygen atoms in total. The minimum absolute atomic E-state index is 0.0587. The third-order valence-corrected chi connectivity index (χ3v) is 3.88. The van der Waals surface area contributed by atoms with Crippen LogP contribution < -0.4 is 5.11 Å². The van der Waals surface area contributed by atoms with E-state index in [1.165, 1.54) is 30.7 Å². The fraction of sp³-hybridized carbons (Fsp3) is 0.562. The van der Waals surface area contributed by atoms with Crippen molar-refractivity contribution in [2.45, 2.75) is 34.3 Å². The van der Waals surface area contributed by atoms with Gasteiger partial charge in [-0.25, -0.2) is 0 Å². The molecule has 0 bridgehead atoms. The lowest BCUT2D eigenvalue weighted by Gasteiger charge is -2.34. The maximum absolute atomic E-state index is 9.84. The number of hydrogen-bond acceptors (Lipinski definition) is 3. The molecule has 0 heterocycles. The largest absolute Gasteiger partial charge is 0.545 e. The average molecular weight is 281 g/mol. The third kappa shape index (κ3) is 7.14. The Morgan fingerprint density at radius 1 is 1.00 bits per heavy atom. The monoisotopic (exact) mass is 281 g/mol. The number of hydrogen-bond donors (Lipinski definition) is 0. The van der Waals surface area contributed by atoms with Crippen molar-refractivity contribution in [3.05, 3.63) is 35.9 Å². The maximum Gasteiger partial charge on any atom is 0.252 e. The lowest BCUT2D eigenvalue weighted by molar-refractivity contribution is -0.921. The molecule has 0 spiro atoms. The van der Waals surface area contributed by atoms with E-state index < -0.39 is 6.16 Å². The topological polar surface area (TPSA) is 49.4 Å². The van der Waals surface area contributed by atoms with Crippen LogP contribution in [0.1, 0.15) is 33.3 Å². The van der Waals surface area contributed by atoms with Gasteiger partial charge in [-0.3, -0.25) is 0 Å². The van der Waals surface area contributed by atoms with E-state index in [4.69, 9.17) is 0 Å². The van der Waals surface area contributed by atoms with E-state index in [-0.39, 0.29) is 6.61 Å². The molecule has 1 aromatic carbocycles. The summed E-state index contributed by atoms with van der Waals surface area (Å²) >= 11 is 0. The molecule has 4 heteroatoms. The Hall–Kier alpha value is -1.55. The lowest BCUT2D eigenvalue weighted by atomic mass is 10.2. The second-order valence-electron chi connectivity index (χ2n) is 4.63. The summed E-state index contributed by atoms with van der Waals surface area (Å²) in [4.78, 5) is 9.84. The standard InChI is InChI=1S/C8H20N.C8H8O3/c1-5-9(6-2,7-3)8-4;9-8(10)11-6-7-4-2-1-3-5-7/h5-8H2,1-4H3;1-5H,6H2,(H,9,10)/q+1;/p-1. The highest BCUT2D eigenvalue weighted by Crippen LogP contribution is 2.03. The van der Waals surface area contributed by atoms with Crippen LogP contribution in [0.3, 0.4) is 0 Å². The van der Waals surface area contributed by atoms with Gasteiger partial charge in [-0.2, -0.15) is 0 Å². The zero-order chi connectivity index (χ0) is 15.4. The summed E-state index contributed by atoms with van der Waals surface area (Å²) in [5.41, 5.74) is 0.816. The molecule has 20 heavy (non-hydrogen) atoms. The molecule has 114 valence electrons. The average Bonchev–Trinajstić information content (AvgIpc) is 2.50. The van der Waals surface area contributed by atoms with E-state index in [0.717, 1.165) is 5.56 Å². The summed E-state index contributed by atoms with van der Waals surface area (Å²) in [6.07, 6.45) is -1.49. The van der Waals surface area contributed by atoms with E-state index in [1.807, 2.05) is 18.2 Å². The number of quaternary nitrogens is 1. The van der Waals surface area contributed by atoms with Crippen molar-refractivity contribution in [1.29, 1.82) is 0 Å². The number of carbonyl (C=O) groups excluding carboxylic acids is 1. The van der Waals surface area contributed by atoms with Gasteiger partial charge in [0.25, 0.3) is 6.16 Å². The molecule has 0 aromatic heterocycles. The highest BCUT2D eigenvalue weighted by Gasteiger charge is 2.16. The Morgan fingerprint density at radius 3 is 1.75 bits per heavy atom. The van der Waals surface area contributed by atoms with Gasteiger partial charge in [0, 0.05) is 0 Å². The van der Waals surface area contributed by atoms with Crippen LogP contribution in [-0.4, -0.2) is 36.8 Å². The van der Waals surface area contributed by atoms with E-state index >= 15 is 0 Å². The summed E-state index contributed by atoms with van der Waals surface area (Å²) in [7, 11) is 0. The molecule has 0 atom stereocenters. The van der Waals surface area contributed by atoms with Crippen molar-refractivity contribution in [2.24, 2.45) is 0 Å². The number of carboxylic acid groups (broad SMARTS) is 1. The number of benzene rings is 1. The van der Waals surface area contributed by atoms with Crippen LogP contribution in [0.25, 0.3) is 0 Å². The normalized spacial score (nSPS) is 10.4. The molecule has 0 N–H and O–H groups in total. The van der Waals surface area contributed by atoms with Crippen molar-refractivity contribution in [2.75, 3.05) is 26.2 Å². The second kappa shape index (κ2) is 10.3. The second-order valence-corrected chi connectivity index (χ2v) is 4.63. The molecule has 0 amide bonds. The Kier molecular flexibility index (Phi) is 9.47. The first-order valence-corrected chi connectivity index (χ1v) is 7.26. The third-order valence-electron chi connectivity index (χ3n) is 3.88. The molecule has 0 unspecified atom stereocenters. The molecule has 0 saturated heterocycles. The minimum atomic E-state index is -1.49. The molecule has 0 aliphatic rings. The Balaban J connectivity index is 0.000000370. The number of rotatable bonds is 6. The van der Waals surface area contributed by atoms with Crippen LogP contribution in [0, 0.1) is 0 Å². The van der Waals surface area contributed by atoms with Crippen LogP contribution in [0.2, 0.25) is 0 Å². The highest BCUT2D eigenvalue weighted by molar-refractivity contribution is 5.54. The number of ether oxygens (including phenoxy) is 1. The van der Waals surface area contributed by atoms with E-state index in [1.54, 1.807) is 12.1 Å². The van der Waals surface area contributed by atoms with Crippen molar-refractivity contribution in [1.82, 2.24) is 0 Å². The van der Waals surface area contributed by atoms with Gasteiger partial charge in [-0.05, 0) is 33.3 Å². The molecule has 0 radical (unpaired) electrons. The smallest absolute Gasteiger partial charge is 0.252 e. The molecular weight excluding hydrogens is 254 g/mol.